The number of carboxylic acids is 1. The molecule has 1 rings (SSSR count). The fourth-order valence-electron chi connectivity index (χ4n) is 1.40. The summed E-state index contributed by atoms with van der Waals surface area (Å²) in [7, 11) is 0. The van der Waals surface area contributed by atoms with Crippen molar-refractivity contribution in [1.82, 2.24) is 5.32 Å². The van der Waals surface area contributed by atoms with E-state index in [1.807, 2.05) is 6.92 Å². The molecule has 0 spiro atoms. The second kappa shape index (κ2) is 6.16. The number of rotatable bonds is 4. The SMILES string of the molecule is Cc1c(C(=O)NC(C(=O)O)C(C)C)sc(Br)c1Br. The maximum atomic E-state index is 12.0. The molecule has 1 unspecified atom stereocenters. The Morgan fingerprint density at radius 3 is 2.22 bits per heavy atom. The first kappa shape index (κ1) is 15.7. The number of halogens is 2. The lowest BCUT2D eigenvalue weighted by Crippen LogP contribution is -2.44. The number of amides is 1. The number of carbonyl (C=O) groups excluding carboxylic acids is 1. The van der Waals surface area contributed by atoms with Crippen LogP contribution in [-0.2, 0) is 4.79 Å². The fraction of sp³-hybridized carbons (Fsp3) is 0.455. The largest absolute Gasteiger partial charge is 0.480 e. The summed E-state index contributed by atoms with van der Waals surface area (Å²) in [5, 5.41) is 11.6. The molecule has 1 atom stereocenters. The summed E-state index contributed by atoms with van der Waals surface area (Å²) >= 11 is 7.97. The number of nitrogens with one attached hydrogen (secondary N) is 1. The third-order valence-corrected chi connectivity index (χ3v) is 6.21. The minimum atomic E-state index is -1.02. The van der Waals surface area contributed by atoms with Crippen LogP contribution in [0.5, 0.6) is 0 Å². The Labute approximate surface area is 126 Å². The summed E-state index contributed by atoms with van der Waals surface area (Å²) in [5.74, 6) is -1.55. The fourth-order valence-corrected chi connectivity index (χ4v) is 3.58. The standard InChI is InChI=1S/C11H13Br2NO3S/c1-4(2)7(11(16)17)14-10(15)8-5(3)6(12)9(13)18-8/h4,7H,1-3H3,(H,14,15)(H,16,17). The van der Waals surface area contributed by atoms with Gasteiger partial charge in [0.1, 0.15) is 6.04 Å². The van der Waals surface area contributed by atoms with E-state index in [4.69, 9.17) is 5.11 Å². The number of hydrogen-bond donors (Lipinski definition) is 2. The van der Waals surface area contributed by atoms with E-state index in [-0.39, 0.29) is 11.8 Å². The summed E-state index contributed by atoms with van der Waals surface area (Å²) in [6, 6.07) is -0.878. The lowest BCUT2D eigenvalue weighted by Gasteiger charge is -2.17. The Balaban J connectivity index is 2.94. The van der Waals surface area contributed by atoms with Gasteiger partial charge in [0.05, 0.1) is 8.66 Å². The molecule has 0 aromatic carbocycles. The molecule has 0 saturated carbocycles. The van der Waals surface area contributed by atoms with E-state index in [2.05, 4.69) is 37.2 Å². The Kier molecular flexibility index (Phi) is 5.36. The van der Waals surface area contributed by atoms with Crippen LogP contribution in [0.15, 0.2) is 8.26 Å². The normalized spacial score (nSPS) is 12.6. The lowest BCUT2D eigenvalue weighted by atomic mass is 10.0. The minimum Gasteiger partial charge on any atom is -0.480 e. The van der Waals surface area contributed by atoms with Gasteiger partial charge in [0.2, 0.25) is 0 Å². The number of carboxylic acid groups (broad SMARTS) is 1. The van der Waals surface area contributed by atoms with Crippen molar-refractivity contribution < 1.29 is 14.7 Å². The highest BCUT2D eigenvalue weighted by molar-refractivity contribution is 9.13. The Morgan fingerprint density at radius 2 is 1.89 bits per heavy atom. The minimum absolute atomic E-state index is 0.168. The van der Waals surface area contributed by atoms with E-state index < -0.39 is 12.0 Å². The molecule has 0 radical (unpaired) electrons. The first-order valence-corrected chi connectivity index (χ1v) is 7.64. The molecule has 4 nitrogen and oxygen atoms in total. The molecule has 0 saturated heterocycles. The Bertz CT molecular complexity index is 485. The summed E-state index contributed by atoms with van der Waals surface area (Å²) in [6.07, 6.45) is 0. The van der Waals surface area contributed by atoms with Crippen molar-refractivity contribution in [2.45, 2.75) is 26.8 Å². The van der Waals surface area contributed by atoms with Crippen LogP contribution in [0, 0.1) is 12.8 Å². The van der Waals surface area contributed by atoms with E-state index in [9.17, 15) is 9.59 Å². The third-order valence-electron chi connectivity index (χ3n) is 2.46. The molecule has 1 aromatic rings. The van der Waals surface area contributed by atoms with E-state index in [0.717, 1.165) is 13.8 Å². The molecule has 18 heavy (non-hydrogen) atoms. The summed E-state index contributed by atoms with van der Waals surface area (Å²) < 4.78 is 1.65. The van der Waals surface area contributed by atoms with Crippen molar-refractivity contribution in [3.63, 3.8) is 0 Å². The van der Waals surface area contributed by atoms with Crippen molar-refractivity contribution >= 4 is 55.1 Å². The van der Waals surface area contributed by atoms with E-state index in [1.165, 1.54) is 11.3 Å². The molecule has 1 heterocycles. The maximum Gasteiger partial charge on any atom is 0.326 e. The molecule has 1 aromatic heterocycles. The van der Waals surface area contributed by atoms with Crippen LogP contribution in [0.4, 0.5) is 0 Å². The van der Waals surface area contributed by atoms with Crippen LogP contribution in [0.2, 0.25) is 0 Å². The van der Waals surface area contributed by atoms with E-state index in [1.54, 1.807) is 13.8 Å². The average molecular weight is 399 g/mol. The van der Waals surface area contributed by atoms with Gasteiger partial charge in [-0.25, -0.2) is 4.79 Å². The summed E-state index contributed by atoms with van der Waals surface area (Å²) in [5.41, 5.74) is 0.803. The third kappa shape index (κ3) is 3.33. The van der Waals surface area contributed by atoms with Crippen molar-refractivity contribution in [3.05, 3.63) is 18.7 Å². The number of hydrogen-bond acceptors (Lipinski definition) is 3. The molecule has 1 amide bonds. The van der Waals surface area contributed by atoms with Crippen LogP contribution >= 0.6 is 43.2 Å². The highest BCUT2D eigenvalue weighted by Gasteiger charge is 2.26. The molecule has 100 valence electrons. The van der Waals surface area contributed by atoms with Crippen LogP contribution in [0.3, 0.4) is 0 Å². The zero-order chi connectivity index (χ0) is 14.0. The smallest absolute Gasteiger partial charge is 0.326 e. The van der Waals surface area contributed by atoms with Gasteiger partial charge in [-0.05, 0) is 50.3 Å². The Hall–Kier alpha value is -0.400. The van der Waals surface area contributed by atoms with Crippen molar-refractivity contribution in [2.24, 2.45) is 5.92 Å². The van der Waals surface area contributed by atoms with Gasteiger partial charge in [0.15, 0.2) is 0 Å². The monoisotopic (exact) mass is 397 g/mol. The molecule has 2 N–H and O–H groups in total. The van der Waals surface area contributed by atoms with Crippen LogP contribution in [0.1, 0.15) is 29.1 Å². The number of thiophene rings is 1. The zero-order valence-corrected chi connectivity index (χ0v) is 14.1. The van der Waals surface area contributed by atoms with Gasteiger partial charge in [-0.1, -0.05) is 13.8 Å². The van der Waals surface area contributed by atoms with Gasteiger partial charge >= 0.3 is 5.97 Å². The summed E-state index contributed by atoms with van der Waals surface area (Å²) in [6.45, 7) is 5.32. The van der Waals surface area contributed by atoms with Gasteiger partial charge in [-0.3, -0.25) is 4.79 Å². The van der Waals surface area contributed by atoms with Gasteiger partial charge in [0, 0.05) is 4.47 Å². The molecule has 0 bridgehead atoms. The van der Waals surface area contributed by atoms with Gasteiger partial charge in [0.25, 0.3) is 5.91 Å². The predicted octanol–water partition coefficient (Wildman–Crippen LogP) is 3.42. The highest BCUT2D eigenvalue weighted by atomic mass is 79.9. The molecule has 0 fully saturated rings. The molecule has 0 aliphatic carbocycles. The Morgan fingerprint density at radius 1 is 1.33 bits per heavy atom. The predicted molar refractivity (Wildman–Crippen MR) is 78.2 cm³/mol. The molecular weight excluding hydrogens is 386 g/mol. The van der Waals surface area contributed by atoms with Crippen LogP contribution in [0.25, 0.3) is 0 Å². The molecule has 0 aliphatic rings. The first-order chi connectivity index (χ1) is 8.25. The topological polar surface area (TPSA) is 66.4 Å². The number of aliphatic carboxylic acids is 1. The van der Waals surface area contributed by atoms with Crippen molar-refractivity contribution in [3.8, 4) is 0 Å². The average Bonchev–Trinajstić information content (AvgIpc) is 2.52. The highest BCUT2D eigenvalue weighted by Crippen LogP contribution is 2.36. The second-order valence-corrected chi connectivity index (χ2v) is 7.31. The van der Waals surface area contributed by atoms with E-state index in [0.29, 0.717) is 4.88 Å². The summed E-state index contributed by atoms with van der Waals surface area (Å²) in [4.78, 5) is 23.6. The first-order valence-electron chi connectivity index (χ1n) is 5.23. The quantitative estimate of drug-likeness (QED) is 0.816. The van der Waals surface area contributed by atoms with Gasteiger partial charge < -0.3 is 10.4 Å². The lowest BCUT2D eigenvalue weighted by molar-refractivity contribution is -0.140. The van der Waals surface area contributed by atoms with Gasteiger partial charge in [-0.15, -0.1) is 11.3 Å². The van der Waals surface area contributed by atoms with Crippen molar-refractivity contribution in [2.75, 3.05) is 0 Å². The van der Waals surface area contributed by atoms with E-state index >= 15 is 0 Å². The van der Waals surface area contributed by atoms with Crippen LogP contribution < -0.4 is 5.32 Å². The molecular formula is C11H13Br2NO3S. The van der Waals surface area contributed by atoms with Crippen LogP contribution in [-0.4, -0.2) is 23.0 Å². The number of carbonyl (C=O) groups is 2. The second-order valence-electron chi connectivity index (χ2n) is 4.18. The van der Waals surface area contributed by atoms with Crippen molar-refractivity contribution in [1.29, 1.82) is 0 Å². The van der Waals surface area contributed by atoms with Gasteiger partial charge in [-0.2, -0.15) is 0 Å². The molecule has 0 aliphatic heterocycles. The maximum absolute atomic E-state index is 12.0. The molecule has 7 heteroatoms. The zero-order valence-electron chi connectivity index (χ0n) is 10.1.